The first-order valence-electron chi connectivity index (χ1n) is 10.5. The van der Waals surface area contributed by atoms with Gasteiger partial charge in [0.1, 0.15) is 4.83 Å². The third kappa shape index (κ3) is 4.56. The van der Waals surface area contributed by atoms with Crippen LogP contribution in [0, 0.1) is 0 Å². The van der Waals surface area contributed by atoms with Crippen LogP contribution in [0.5, 0.6) is 0 Å². The molecule has 1 fully saturated rings. The van der Waals surface area contributed by atoms with Gasteiger partial charge in [-0.3, -0.25) is 9.69 Å². The van der Waals surface area contributed by atoms with E-state index in [1.807, 2.05) is 47.5 Å². The van der Waals surface area contributed by atoms with Crippen LogP contribution in [0.1, 0.15) is 22.0 Å². The fraction of sp³-hybridized carbons (Fsp3) is 0.429. The number of amides is 1. The van der Waals surface area contributed by atoms with Crippen molar-refractivity contribution in [3.8, 4) is 10.7 Å². The van der Waals surface area contributed by atoms with Gasteiger partial charge < -0.3 is 14.3 Å². The van der Waals surface area contributed by atoms with Crippen LogP contribution in [-0.2, 0) is 6.42 Å². The fourth-order valence-electron chi connectivity index (χ4n) is 3.67. The van der Waals surface area contributed by atoms with Crippen molar-refractivity contribution in [2.75, 3.05) is 51.7 Å². The van der Waals surface area contributed by atoms with Gasteiger partial charge in [-0.15, -0.1) is 22.7 Å². The van der Waals surface area contributed by atoms with Crippen molar-refractivity contribution in [2.24, 2.45) is 0 Å². The highest BCUT2D eigenvalue weighted by molar-refractivity contribution is 7.29. The molecule has 0 unspecified atom stereocenters. The first kappa shape index (κ1) is 21.5. The Hall–Kier alpha value is -2.34. The topological polar surface area (TPSA) is 78.6 Å². The average Bonchev–Trinajstić information content (AvgIpc) is 3.57. The second-order valence-electron chi connectivity index (χ2n) is 7.90. The maximum atomic E-state index is 12.9. The number of carbonyl (C=O) groups excluding carboxylic acids is 1. The zero-order valence-electron chi connectivity index (χ0n) is 18.0. The van der Waals surface area contributed by atoms with Crippen LogP contribution in [0.3, 0.4) is 0 Å². The van der Waals surface area contributed by atoms with Gasteiger partial charge >= 0.3 is 0 Å². The van der Waals surface area contributed by atoms with Crippen molar-refractivity contribution in [3.63, 3.8) is 0 Å². The molecule has 1 aliphatic rings. The number of anilines is 1. The van der Waals surface area contributed by atoms with Crippen LogP contribution in [0.4, 0.5) is 5.13 Å². The normalized spacial score (nSPS) is 15.0. The zero-order chi connectivity index (χ0) is 22.1. The van der Waals surface area contributed by atoms with Gasteiger partial charge in [-0.1, -0.05) is 22.6 Å². The average molecular weight is 489 g/mol. The summed E-state index contributed by atoms with van der Waals surface area (Å²) in [6, 6.07) is 5.98. The van der Waals surface area contributed by atoms with Crippen molar-refractivity contribution < 1.29 is 9.32 Å². The molecule has 4 aromatic rings. The minimum absolute atomic E-state index is 0.123. The third-order valence-electron chi connectivity index (χ3n) is 5.41. The lowest BCUT2D eigenvalue weighted by molar-refractivity contribution is 0.0640. The Balaban J connectivity index is 1.09. The second-order valence-corrected chi connectivity index (χ2v) is 10.9. The monoisotopic (exact) mass is 488 g/mol. The molecule has 1 amide bonds. The zero-order valence-corrected chi connectivity index (χ0v) is 20.4. The summed E-state index contributed by atoms with van der Waals surface area (Å²) in [5.74, 6) is 1.48. The van der Waals surface area contributed by atoms with Crippen LogP contribution in [-0.4, -0.2) is 77.7 Å². The quantitative estimate of drug-likeness (QED) is 0.390. The molecule has 5 heterocycles. The largest absolute Gasteiger partial charge is 0.354 e. The molecule has 0 bridgehead atoms. The van der Waals surface area contributed by atoms with E-state index in [0.29, 0.717) is 11.7 Å². The lowest BCUT2D eigenvalue weighted by atomic mass is 10.2. The van der Waals surface area contributed by atoms with Crippen molar-refractivity contribution in [1.29, 1.82) is 0 Å². The number of hydrogen-bond donors (Lipinski definition) is 0. The number of hydrogen-bond acceptors (Lipinski definition) is 10. The standard InChI is InChI=1S/C21H24N6O2S3/c1-25(2)21-23-19-15(32-21)13-16(31-19)20(28)27-10-8-26(9-11-27)7-3-6-17-22-18(24-29-17)14-5-4-12-30-14/h4-5,12-13H,3,6-11H2,1-2H3. The molecule has 8 nitrogen and oxygen atoms in total. The van der Waals surface area contributed by atoms with E-state index in [9.17, 15) is 4.79 Å². The number of nitrogens with zero attached hydrogens (tertiary/aromatic N) is 6. The first-order valence-corrected chi connectivity index (χ1v) is 13.0. The molecule has 1 aliphatic heterocycles. The fourth-order valence-corrected chi connectivity index (χ4v) is 6.42. The number of thiophene rings is 2. The molecule has 0 atom stereocenters. The predicted octanol–water partition coefficient (Wildman–Crippen LogP) is 3.93. The number of carbonyl (C=O) groups is 1. The SMILES string of the molecule is CN(C)c1nc2sc(C(=O)N3CCN(CCCc4nc(-c5cccs5)no4)CC3)cc2s1. The molecule has 0 aliphatic carbocycles. The lowest BCUT2D eigenvalue weighted by Gasteiger charge is -2.34. The summed E-state index contributed by atoms with van der Waals surface area (Å²) < 4.78 is 6.47. The minimum Gasteiger partial charge on any atom is -0.354 e. The molecule has 168 valence electrons. The Kier molecular flexibility index (Phi) is 6.22. The Morgan fingerprint density at radius 3 is 2.75 bits per heavy atom. The number of fused-ring (bicyclic) bond motifs is 1. The number of aryl methyl sites for hydroxylation is 1. The van der Waals surface area contributed by atoms with Gasteiger partial charge in [0.2, 0.25) is 11.7 Å². The molecular weight excluding hydrogens is 464 g/mol. The van der Waals surface area contributed by atoms with Gasteiger partial charge in [0, 0.05) is 46.7 Å². The summed E-state index contributed by atoms with van der Waals surface area (Å²) in [4.78, 5) is 31.2. The Morgan fingerprint density at radius 2 is 2.03 bits per heavy atom. The number of thiazole rings is 1. The maximum Gasteiger partial charge on any atom is 0.264 e. The van der Waals surface area contributed by atoms with Crippen LogP contribution in [0.25, 0.3) is 20.2 Å². The van der Waals surface area contributed by atoms with E-state index in [2.05, 4.69) is 20.0 Å². The third-order valence-corrected chi connectivity index (χ3v) is 8.59. The highest BCUT2D eigenvalue weighted by atomic mass is 32.1. The molecule has 1 saturated heterocycles. The minimum atomic E-state index is 0.123. The smallest absolute Gasteiger partial charge is 0.264 e. The molecular formula is C21H24N6O2S3. The van der Waals surface area contributed by atoms with Crippen molar-refractivity contribution in [3.05, 3.63) is 34.3 Å². The summed E-state index contributed by atoms with van der Waals surface area (Å²) in [6.45, 7) is 4.25. The van der Waals surface area contributed by atoms with Gasteiger partial charge in [0.05, 0.1) is 14.5 Å². The van der Waals surface area contributed by atoms with Gasteiger partial charge in [0.25, 0.3) is 5.91 Å². The van der Waals surface area contributed by atoms with Crippen molar-refractivity contribution >= 4 is 54.6 Å². The summed E-state index contributed by atoms with van der Waals surface area (Å²) in [5.41, 5.74) is 0. The lowest BCUT2D eigenvalue weighted by Crippen LogP contribution is -2.48. The number of piperazine rings is 1. The van der Waals surface area contributed by atoms with Gasteiger partial charge in [-0.05, 0) is 30.5 Å². The molecule has 0 aromatic carbocycles. The summed E-state index contributed by atoms with van der Waals surface area (Å²) in [7, 11) is 3.97. The predicted molar refractivity (Wildman–Crippen MR) is 130 cm³/mol. The Labute approximate surface area is 198 Å². The molecule has 4 aromatic heterocycles. The van der Waals surface area contributed by atoms with Gasteiger partial charge in [-0.2, -0.15) is 4.98 Å². The van der Waals surface area contributed by atoms with Gasteiger partial charge in [0.15, 0.2) is 5.13 Å². The van der Waals surface area contributed by atoms with Crippen LogP contribution in [0.2, 0.25) is 0 Å². The molecule has 0 N–H and O–H groups in total. The Bertz CT molecular complexity index is 1160. The Morgan fingerprint density at radius 1 is 1.19 bits per heavy atom. The maximum absolute atomic E-state index is 12.9. The van der Waals surface area contributed by atoms with Crippen LogP contribution < -0.4 is 4.90 Å². The van der Waals surface area contributed by atoms with Gasteiger partial charge in [-0.25, -0.2) is 4.98 Å². The van der Waals surface area contributed by atoms with E-state index < -0.39 is 0 Å². The molecule has 32 heavy (non-hydrogen) atoms. The number of rotatable bonds is 7. The molecule has 0 radical (unpaired) electrons. The molecule has 0 saturated carbocycles. The highest BCUT2D eigenvalue weighted by Crippen LogP contribution is 2.34. The van der Waals surface area contributed by atoms with Crippen LogP contribution in [0.15, 0.2) is 28.1 Å². The highest BCUT2D eigenvalue weighted by Gasteiger charge is 2.24. The van der Waals surface area contributed by atoms with Crippen molar-refractivity contribution in [2.45, 2.75) is 12.8 Å². The molecule has 5 rings (SSSR count). The number of aromatic nitrogens is 3. The summed E-state index contributed by atoms with van der Waals surface area (Å²) >= 11 is 4.73. The van der Waals surface area contributed by atoms with E-state index in [1.54, 1.807) is 22.7 Å². The van der Waals surface area contributed by atoms with Crippen molar-refractivity contribution in [1.82, 2.24) is 24.9 Å². The molecule has 0 spiro atoms. The second kappa shape index (κ2) is 9.26. The molecule has 11 heteroatoms. The summed E-state index contributed by atoms with van der Waals surface area (Å²) in [6.07, 6.45) is 1.73. The van der Waals surface area contributed by atoms with E-state index in [-0.39, 0.29) is 5.91 Å². The van der Waals surface area contributed by atoms with E-state index >= 15 is 0 Å². The van der Waals surface area contributed by atoms with Crippen LogP contribution >= 0.6 is 34.0 Å². The first-order chi connectivity index (χ1) is 15.6. The van der Waals surface area contributed by atoms with E-state index in [4.69, 9.17) is 4.52 Å². The van der Waals surface area contributed by atoms with E-state index in [0.717, 1.165) is 70.0 Å². The van der Waals surface area contributed by atoms with E-state index in [1.165, 1.54) is 11.3 Å². The summed E-state index contributed by atoms with van der Waals surface area (Å²) in [5, 5.41) is 7.05.